The normalized spacial score (nSPS) is 12.9. The first-order chi connectivity index (χ1) is 12.4. The molecule has 2 unspecified atom stereocenters. The molecule has 0 aromatic heterocycles. The molecular formula is C21H25ClN2O2. The van der Waals surface area contributed by atoms with Crippen molar-refractivity contribution in [3.63, 3.8) is 0 Å². The molecule has 0 saturated carbocycles. The third-order valence-corrected chi connectivity index (χ3v) is 4.98. The van der Waals surface area contributed by atoms with Crippen LogP contribution in [0.5, 0.6) is 0 Å². The van der Waals surface area contributed by atoms with Crippen LogP contribution in [0.1, 0.15) is 48.7 Å². The van der Waals surface area contributed by atoms with Crippen molar-refractivity contribution in [2.75, 3.05) is 7.05 Å². The molecule has 1 N–H and O–H groups in total. The van der Waals surface area contributed by atoms with Crippen LogP contribution in [0, 0.1) is 0 Å². The minimum Gasteiger partial charge on any atom is -0.345 e. The second-order valence-electron chi connectivity index (χ2n) is 6.38. The van der Waals surface area contributed by atoms with Crippen molar-refractivity contribution in [1.29, 1.82) is 0 Å². The first-order valence-corrected chi connectivity index (χ1v) is 9.17. The lowest BCUT2D eigenvalue weighted by atomic mass is 10.0. The highest BCUT2D eigenvalue weighted by molar-refractivity contribution is 6.33. The first-order valence-electron chi connectivity index (χ1n) is 8.80. The van der Waals surface area contributed by atoms with E-state index in [1.54, 1.807) is 36.2 Å². The van der Waals surface area contributed by atoms with E-state index in [-0.39, 0.29) is 24.3 Å². The molecular weight excluding hydrogens is 348 g/mol. The van der Waals surface area contributed by atoms with Gasteiger partial charge in [-0.05, 0) is 31.0 Å². The van der Waals surface area contributed by atoms with E-state index in [4.69, 9.17) is 11.6 Å². The quantitative estimate of drug-likeness (QED) is 0.780. The number of nitrogens with zero attached hydrogens (tertiary/aromatic N) is 1. The van der Waals surface area contributed by atoms with Gasteiger partial charge in [-0.1, -0.05) is 61.0 Å². The number of carbonyl (C=O) groups is 2. The number of benzene rings is 2. The molecule has 2 atom stereocenters. The lowest BCUT2D eigenvalue weighted by Gasteiger charge is -2.27. The molecule has 138 valence electrons. The molecule has 0 fully saturated rings. The van der Waals surface area contributed by atoms with Gasteiger partial charge in [-0.3, -0.25) is 9.59 Å². The molecule has 0 aliphatic rings. The maximum Gasteiger partial charge on any atom is 0.253 e. The van der Waals surface area contributed by atoms with Crippen molar-refractivity contribution in [2.45, 2.75) is 38.8 Å². The molecule has 0 heterocycles. The Morgan fingerprint density at radius 3 is 2.31 bits per heavy atom. The largest absolute Gasteiger partial charge is 0.345 e. The van der Waals surface area contributed by atoms with Gasteiger partial charge in [-0.25, -0.2) is 0 Å². The van der Waals surface area contributed by atoms with Gasteiger partial charge in [0.15, 0.2) is 0 Å². The van der Waals surface area contributed by atoms with E-state index >= 15 is 0 Å². The molecule has 0 radical (unpaired) electrons. The second kappa shape index (κ2) is 9.39. The number of hydrogen-bond donors (Lipinski definition) is 1. The van der Waals surface area contributed by atoms with Crippen molar-refractivity contribution in [3.05, 3.63) is 70.7 Å². The van der Waals surface area contributed by atoms with Crippen LogP contribution in [-0.2, 0) is 4.79 Å². The average Bonchev–Trinajstić information content (AvgIpc) is 2.67. The Labute approximate surface area is 160 Å². The third kappa shape index (κ3) is 5.09. The van der Waals surface area contributed by atoms with Crippen LogP contribution in [0.15, 0.2) is 54.6 Å². The lowest BCUT2D eigenvalue weighted by molar-refractivity contribution is -0.132. The lowest BCUT2D eigenvalue weighted by Crippen LogP contribution is -2.38. The zero-order valence-corrected chi connectivity index (χ0v) is 16.2. The fourth-order valence-corrected chi connectivity index (χ4v) is 2.88. The fourth-order valence-electron chi connectivity index (χ4n) is 2.66. The molecule has 2 amide bonds. The summed E-state index contributed by atoms with van der Waals surface area (Å²) >= 11 is 6.13. The summed E-state index contributed by atoms with van der Waals surface area (Å²) in [7, 11) is 1.80. The monoisotopic (exact) mass is 372 g/mol. The van der Waals surface area contributed by atoms with Crippen molar-refractivity contribution < 1.29 is 9.59 Å². The summed E-state index contributed by atoms with van der Waals surface area (Å²) in [5, 5.41) is 3.35. The summed E-state index contributed by atoms with van der Waals surface area (Å²) in [5.74, 6) is -0.295. The molecule has 5 heteroatoms. The smallest absolute Gasteiger partial charge is 0.253 e. The summed E-state index contributed by atoms with van der Waals surface area (Å²) in [6.45, 7) is 4.06. The maximum atomic E-state index is 12.7. The van der Waals surface area contributed by atoms with E-state index in [1.807, 2.05) is 44.2 Å². The molecule has 4 nitrogen and oxygen atoms in total. The van der Waals surface area contributed by atoms with E-state index in [1.165, 1.54) is 0 Å². The number of amides is 2. The summed E-state index contributed by atoms with van der Waals surface area (Å²) in [4.78, 5) is 27.1. The number of nitrogens with one attached hydrogen (secondary N) is 1. The Bertz CT molecular complexity index is 749. The molecule has 0 bridgehead atoms. The minimum atomic E-state index is -0.418. The number of carbonyl (C=O) groups excluding carboxylic acids is 2. The summed E-state index contributed by atoms with van der Waals surface area (Å²) in [6, 6.07) is 16.1. The van der Waals surface area contributed by atoms with Gasteiger partial charge < -0.3 is 10.2 Å². The Balaban J connectivity index is 2.21. The van der Waals surface area contributed by atoms with Crippen LogP contribution >= 0.6 is 11.6 Å². The summed E-state index contributed by atoms with van der Waals surface area (Å²) in [5.41, 5.74) is 1.29. The Hall–Kier alpha value is -2.33. The zero-order chi connectivity index (χ0) is 19.1. The first kappa shape index (κ1) is 20.0. The number of halogens is 1. The van der Waals surface area contributed by atoms with Crippen LogP contribution in [0.2, 0.25) is 5.02 Å². The predicted octanol–water partition coefficient (Wildman–Crippen LogP) is 4.46. The summed E-state index contributed by atoms with van der Waals surface area (Å²) < 4.78 is 0. The van der Waals surface area contributed by atoms with Gasteiger partial charge in [-0.15, -0.1) is 0 Å². The van der Waals surface area contributed by atoms with Crippen LogP contribution < -0.4 is 5.32 Å². The van der Waals surface area contributed by atoms with E-state index in [0.29, 0.717) is 10.6 Å². The Morgan fingerprint density at radius 2 is 1.69 bits per heavy atom. The molecule has 0 saturated heterocycles. The van der Waals surface area contributed by atoms with Gasteiger partial charge in [0, 0.05) is 13.1 Å². The Kier molecular flexibility index (Phi) is 7.22. The van der Waals surface area contributed by atoms with Crippen molar-refractivity contribution in [1.82, 2.24) is 10.2 Å². The predicted molar refractivity (Wildman–Crippen MR) is 105 cm³/mol. The van der Waals surface area contributed by atoms with E-state index < -0.39 is 6.04 Å². The minimum absolute atomic E-state index is 0.00679. The maximum absolute atomic E-state index is 12.7. The number of hydrogen-bond acceptors (Lipinski definition) is 2. The highest BCUT2D eigenvalue weighted by atomic mass is 35.5. The zero-order valence-electron chi connectivity index (χ0n) is 15.4. The topological polar surface area (TPSA) is 49.4 Å². The molecule has 0 aliphatic heterocycles. The van der Waals surface area contributed by atoms with Crippen molar-refractivity contribution in [2.24, 2.45) is 0 Å². The average molecular weight is 373 g/mol. The standard InChI is InChI=1S/C21H25ClN2O2/c1-4-15(2)24(3)20(25)14-19(16-10-6-5-7-11-16)23-21(26)17-12-8-9-13-18(17)22/h5-13,15,19H,4,14H2,1-3H3,(H,23,26). The van der Waals surface area contributed by atoms with Crippen molar-refractivity contribution in [3.8, 4) is 0 Å². The highest BCUT2D eigenvalue weighted by Crippen LogP contribution is 2.21. The third-order valence-electron chi connectivity index (χ3n) is 4.65. The molecule has 2 rings (SSSR count). The summed E-state index contributed by atoms with van der Waals surface area (Å²) in [6.07, 6.45) is 1.07. The van der Waals surface area contributed by atoms with Gasteiger partial charge >= 0.3 is 0 Å². The van der Waals surface area contributed by atoms with Crippen LogP contribution in [0.4, 0.5) is 0 Å². The van der Waals surface area contributed by atoms with Gasteiger partial charge in [-0.2, -0.15) is 0 Å². The SMILES string of the molecule is CCC(C)N(C)C(=O)CC(NC(=O)c1ccccc1Cl)c1ccccc1. The second-order valence-corrected chi connectivity index (χ2v) is 6.79. The molecule has 2 aromatic carbocycles. The molecule has 0 spiro atoms. The van der Waals surface area contributed by atoms with Crippen LogP contribution in [0.3, 0.4) is 0 Å². The molecule has 2 aromatic rings. The number of rotatable bonds is 7. The highest BCUT2D eigenvalue weighted by Gasteiger charge is 2.23. The van der Waals surface area contributed by atoms with Crippen LogP contribution in [0.25, 0.3) is 0 Å². The fraction of sp³-hybridized carbons (Fsp3) is 0.333. The van der Waals surface area contributed by atoms with Gasteiger partial charge in [0.25, 0.3) is 5.91 Å². The van der Waals surface area contributed by atoms with Gasteiger partial charge in [0.2, 0.25) is 5.91 Å². The van der Waals surface area contributed by atoms with E-state index in [2.05, 4.69) is 5.32 Å². The van der Waals surface area contributed by atoms with E-state index in [9.17, 15) is 9.59 Å². The van der Waals surface area contributed by atoms with Crippen molar-refractivity contribution >= 4 is 23.4 Å². The van der Waals surface area contributed by atoms with Gasteiger partial charge in [0.1, 0.15) is 0 Å². The van der Waals surface area contributed by atoms with Crippen LogP contribution in [-0.4, -0.2) is 29.8 Å². The Morgan fingerprint density at radius 1 is 1.08 bits per heavy atom. The molecule has 26 heavy (non-hydrogen) atoms. The van der Waals surface area contributed by atoms with Gasteiger partial charge in [0.05, 0.1) is 23.0 Å². The molecule has 0 aliphatic carbocycles. The van der Waals surface area contributed by atoms with E-state index in [0.717, 1.165) is 12.0 Å².